The number of benzene rings is 1. The van der Waals surface area contributed by atoms with E-state index in [4.69, 9.17) is 16.6 Å². The van der Waals surface area contributed by atoms with Crippen LogP contribution in [0.25, 0.3) is 31.3 Å². The molecule has 0 amide bonds. The highest BCUT2D eigenvalue weighted by molar-refractivity contribution is 5.60. The molecule has 0 saturated carbocycles. The van der Waals surface area contributed by atoms with Gasteiger partial charge in [-0.3, -0.25) is 0 Å². The molecule has 9 heteroatoms. The molecule has 0 bridgehead atoms. The Morgan fingerprint density at radius 2 is 0.933 bits per heavy atom. The summed E-state index contributed by atoms with van der Waals surface area (Å²) in [5, 5.41) is 9.92. The number of hydrogen-bond acceptors (Lipinski definition) is 3. The summed E-state index contributed by atoms with van der Waals surface area (Å²) in [4.78, 5) is 7.69. The highest BCUT2D eigenvalue weighted by atomic mass is 15.2. The fourth-order valence-electron chi connectivity index (χ4n) is 0.908. The Morgan fingerprint density at radius 3 is 1.13 bits per heavy atom. The van der Waals surface area contributed by atoms with Gasteiger partial charge in [-0.15, -0.1) is 0 Å². The lowest BCUT2D eigenvalue weighted by atomic mass is 10.2. The van der Waals surface area contributed by atoms with Gasteiger partial charge in [0.15, 0.2) is 0 Å². The van der Waals surface area contributed by atoms with Crippen LogP contribution in [0.2, 0.25) is 0 Å². The van der Waals surface area contributed by atoms with E-state index < -0.39 is 0 Å². The van der Waals surface area contributed by atoms with Crippen molar-refractivity contribution in [3.05, 3.63) is 49.5 Å². The number of hydrogen-bond donors (Lipinski definition) is 0. The summed E-state index contributed by atoms with van der Waals surface area (Å²) in [5.41, 5.74) is 25.3. The van der Waals surface area contributed by atoms with E-state index in [-0.39, 0.29) is 17.1 Å². The molecule has 0 unspecified atom stereocenters. The van der Waals surface area contributed by atoms with Gasteiger partial charge < -0.3 is 0 Å². The standard InChI is InChI=1S/C6H3N9/c7-13-10-4-1-5(11-14-8)3-6(2-4)12-15-9/h1-3H. The Balaban J connectivity index is 3.36. The van der Waals surface area contributed by atoms with Crippen LogP contribution in [0.3, 0.4) is 0 Å². The minimum absolute atomic E-state index is 0.213. The second-order valence-electron chi connectivity index (χ2n) is 2.28. The maximum atomic E-state index is 8.21. The van der Waals surface area contributed by atoms with Gasteiger partial charge in [0.1, 0.15) is 0 Å². The third kappa shape index (κ3) is 2.83. The second kappa shape index (κ2) is 5.00. The van der Waals surface area contributed by atoms with Crippen LogP contribution in [0.5, 0.6) is 0 Å². The SMILES string of the molecule is [N-]=[N+]=Nc1cc(N=[N+]=[N-])cc(N=[N+]=[N-])c1. The minimum Gasteiger partial charge on any atom is -0.0608 e. The minimum atomic E-state index is 0.213. The zero-order valence-electron chi connectivity index (χ0n) is 7.26. The summed E-state index contributed by atoms with van der Waals surface area (Å²) in [5.74, 6) is 0. The van der Waals surface area contributed by atoms with Gasteiger partial charge in [0, 0.05) is 31.8 Å². The summed E-state index contributed by atoms with van der Waals surface area (Å²) in [7, 11) is 0. The first-order valence-electron chi connectivity index (χ1n) is 3.60. The Kier molecular flexibility index (Phi) is 3.41. The van der Waals surface area contributed by atoms with Crippen molar-refractivity contribution in [2.75, 3.05) is 0 Å². The largest absolute Gasteiger partial charge is 0.0608 e. The molecule has 0 radical (unpaired) electrons. The van der Waals surface area contributed by atoms with Crippen molar-refractivity contribution in [2.24, 2.45) is 15.3 Å². The molecule has 0 aliphatic heterocycles. The normalized spacial score (nSPS) is 8.00. The van der Waals surface area contributed by atoms with Crippen molar-refractivity contribution in [3.63, 3.8) is 0 Å². The van der Waals surface area contributed by atoms with Gasteiger partial charge in [0.2, 0.25) is 0 Å². The average molecular weight is 201 g/mol. The third-order valence-electron chi connectivity index (χ3n) is 1.37. The lowest BCUT2D eigenvalue weighted by Gasteiger charge is -1.97. The molecule has 9 nitrogen and oxygen atoms in total. The van der Waals surface area contributed by atoms with Crippen LogP contribution in [0.1, 0.15) is 0 Å². The Labute approximate surface area is 82.8 Å². The average Bonchev–Trinajstić information content (AvgIpc) is 2.19. The van der Waals surface area contributed by atoms with Crippen molar-refractivity contribution in [2.45, 2.75) is 0 Å². The van der Waals surface area contributed by atoms with Crippen LogP contribution in [-0.4, -0.2) is 0 Å². The van der Waals surface area contributed by atoms with Crippen LogP contribution < -0.4 is 0 Å². The topological polar surface area (TPSA) is 146 Å². The molecule has 0 heterocycles. The maximum absolute atomic E-state index is 8.21. The second-order valence-corrected chi connectivity index (χ2v) is 2.28. The maximum Gasteiger partial charge on any atom is 0.0384 e. The predicted molar refractivity (Wildman–Crippen MR) is 52.9 cm³/mol. The van der Waals surface area contributed by atoms with Gasteiger partial charge in [0.05, 0.1) is 0 Å². The lowest BCUT2D eigenvalue weighted by molar-refractivity contribution is 1.39. The zero-order valence-corrected chi connectivity index (χ0v) is 7.26. The molecule has 1 aromatic carbocycles. The first-order valence-corrected chi connectivity index (χ1v) is 3.60. The van der Waals surface area contributed by atoms with E-state index in [1.165, 1.54) is 18.2 Å². The monoisotopic (exact) mass is 201 g/mol. The highest BCUT2D eigenvalue weighted by Gasteiger charge is 1.96. The van der Waals surface area contributed by atoms with Gasteiger partial charge >= 0.3 is 0 Å². The lowest BCUT2D eigenvalue weighted by Crippen LogP contribution is -1.65. The fourth-order valence-corrected chi connectivity index (χ4v) is 0.908. The Morgan fingerprint density at radius 1 is 0.667 bits per heavy atom. The molecule has 0 aliphatic rings. The number of rotatable bonds is 3. The molecular weight excluding hydrogens is 198 g/mol. The molecule has 0 spiro atoms. The molecule has 0 atom stereocenters. The van der Waals surface area contributed by atoms with Crippen LogP contribution in [-0.2, 0) is 0 Å². The molecular formula is C6H3N9. The van der Waals surface area contributed by atoms with E-state index >= 15 is 0 Å². The summed E-state index contributed by atoms with van der Waals surface area (Å²) in [6, 6.07) is 4.11. The van der Waals surface area contributed by atoms with Crippen molar-refractivity contribution in [1.82, 2.24) is 0 Å². The van der Waals surface area contributed by atoms with Crippen molar-refractivity contribution >= 4 is 17.1 Å². The van der Waals surface area contributed by atoms with E-state index in [2.05, 4.69) is 30.1 Å². The van der Waals surface area contributed by atoms with Gasteiger partial charge in [-0.05, 0) is 34.8 Å². The summed E-state index contributed by atoms with van der Waals surface area (Å²) >= 11 is 0. The first-order chi connectivity index (χ1) is 7.30. The smallest absolute Gasteiger partial charge is 0.0384 e. The first kappa shape index (κ1) is 10.2. The van der Waals surface area contributed by atoms with Crippen LogP contribution in [0.4, 0.5) is 17.1 Å². The molecule has 15 heavy (non-hydrogen) atoms. The molecule has 1 rings (SSSR count). The summed E-state index contributed by atoms with van der Waals surface area (Å²) < 4.78 is 0. The van der Waals surface area contributed by atoms with Crippen molar-refractivity contribution < 1.29 is 0 Å². The summed E-state index contributed by atoms with van der Waals surface area (Å²) in [6.45, 7) is 0. The molecule has 0 aliphatic carbocycles. The van der Waals surface area contributed by atoms with E-state index in [9.17, 15) is 0 Å². The van der Waals surface area contributed by atoms with Crippen LogP contribution >= 0.6 is 0 Å². The third-order valence-corrected chi connectivity index (χ3v) is 1.37. The van der Waals surface area contributed by atoms with Gasteiger partial charge in [0.25, 0.3) is 0 Å². The van der Waals surface area contributed by atoms with Crippen LogP contribution in [0.15, 0.2) is 33.5 Å². The van der Waals surface area contributed by atoms with Gasteiger partial charge in [-0.1, -0.05) is 15.3 Å². The molecule has 1 aromatic rings. The number of nitrogens with zero attached hydrogens (tertiary/aromatic N) is 9. The Bertz CT molecular complexity index is 425. The van der Waals surface area contributed by atoms with E-state index in [1.54, 1.807) is 0 Å². The van der Waals surface area contributed by atoms with E-state index in [0.29, 0.717) is 0 Å². The molecule has 0 saturated heterocycles. The van der Waals surface area contributed by atoms with Crippen molar-refractivity contribution in [3.8, 4) is 0 Å². The van der Waals surface area contributed by atoms with Gasteiger partial charge in [-0.2, -0.15) is 0 Å². The quantitative estimate of drug-likeness (QED) is 0.384. The predicted octanol–water partition coefficient (Wildman–Crippen LogP) is 4.51. The van der Waals surface area contributed by atoms with E-state index in [0.717, 1.165) is 0 Å². The zero-order chi connectivity index (χ0) is 11.1. The highest BCUT2D eigenvalue weighted by Crippen LogP contribution is 2.28. The summed E-state index contributed by atoms with van der Waals surface area (Å²) in [6.07, 6.45) is 0. The molecule has 72 valence electrons. The fraction of sp³-hybridized carbons (Fsp3) is 0. The van der Waals surface area contributed by atoms with Crippen molar-refractivity contribution in [1.29, 1.82) is 0 Å². The number of azide groups is 3. The van der Waals surface area contributed by atoms with Crippen LogP contribution in [0, 0.1) is 0 Å². The molecule has 0 fully saturated rings. The molecule has 0 aromatic heterocycles. The van der Waals surface area contributed by atoms with E-state index in [1.807, 2.05) is 0 Å². The molecule has 0 N–H and O–H groups in total. The van der Waals surface area contributed by atoms with Gasteiger partial charge in [-0.25, -0.2) is 0 Å². The Hall–Kier alpha value is -2.85.